The van der Waals surface area contributed by atoms with Gasteiger partial charge in [-0.1, -0.05) is 12.1 Å². The zero-order valence-corrected chi connectivity index (χ0v) is 17.8. The topological polar surface area (TPSA) is 93.9 Å². The summed E-state index contributed by atoms with van der Waals surface area (Å²) in [4.78, 5) is 16.7. The molecular formula is C22H24N4O3S. The molecule has 0 spiro atoms. The van der Waals surface area contributed by atoms with Gasteiger partial charge in [0.25, 0.3) is 5.91 Å². The number of aromatic nitrogens is 3. The molecule has 1 saturated heterocycles. The van der Waals surface area contributed by atoms with Crippen molar-refractivity contribution in [2.75, 3.05) is 11.5 Å². The molecule has 0 aliphatic carbocycles. The van der Waals surface area contributed by atoms with Crippen molar-refractivity contribution in [3.05, 3.63) is 71.2 Å². The maximum atomic E-state index is 12.8. The van der Waals surface area contributed by atoms with Gasteiger partial charge in [0.1, 0.15) is 0 Å². The van der Waals surface area contributed by atoms with E-state index in [-0.39, 0.29) is 29.1 Å². The van der Waals surface area contributed by atoms with Crippen LogP contribution in [0.2, 0.25) is 0 Å². The van der Waals surface area contributed by atoms with Crippen LogP contribution in [-0.4, -0.2) is 40.6 Å². The van der Waals surface area contributed by atoms with Crippen molar-refractivity contribution in [2.45, 2.75) is 32.9 Å². The van der Waals surface area contributed by atoms with E-state index >= 15 is 0 Å². The number of amides is 1. The highest BCUT2D eigenvalue weighted by Crippen LogP contribution is 2.31. The van der Waals surface area contributed by atoms with Gasteiger partial charge in [-0.3, -0.25) is 14.5 Å². The molecule has 3 heterocycles. The van der Waals surface area contributed by atoms with E-state index in [1.54, 1.807) is 23.1 Å². The molecule has 30 heavy (non-hydrogen) atoms. The zero-order valence-electron chi connectivity index (χ0n) is 17.0. The first-order chi connectivity index (χ1) is 14.3. The average Bonchev–Trinajstić information content (AvgIpc) is 3.32. The third-order valence-electron chi connectivity index (χ3n) is 5.53. The Morgan fingerprint density at radius 3 is 2.57 bits per heavy atom. The fourth-order valence-electron chi connectivity index (χ4n) is 3.64. The quantitative estimate of drug-likeness (QED) is 0.680. The normalized spacial score (nSPS) is 17.7. The van der Waals surface area contributed by atoms with Crippen molar-refractivity contribution in [1.29, 1.82) is 0 Å². The molecule has 8 heteroatoms. The summed E-state index contributed by atoms with van der Waals surface area (Å²) in [5.74, 6) is -0.102. The van der Waals surface area contributed by atoms with Gasteiger partial charge in [0.2, 0.25) is 0 Å². The lowest BCUT2D eigenvalue weighted by atomic mass is 10.0. The maximum Gasteiger partial charge on any atom is 0.272 e. The van der Waals surface area contributed by atoms with Crippen LogP contribution in [0.1, 0.15) is 39.6 Å². The van der Waals surface area contributed by atoms with E-state index in [2.05, 4.69) is 15.4 Å². The van der Waals surface area contributed by atoms with E-state index < -0.39 is 9.84 Å². The number of pyridine rings is 1. The van der Waals surface area contributed by atoms with E-state index in [1.165, 1.54) is 5.56 Å². The van der Waals surface area contributed by atoms with Crippen LogP contribution in [0.4, 0.5) is 0 Å². The molecule has 1 aliphatic heterocycles. The lowest BCUT2D eigenvalue weighted by Crippen LogP contribution is -2.24. The standard InChI is InChI=1S/C22H24N4O3S/c1-15-3-4-18(11-16(15)2)21-12-20(22(27)24-13-17-5-8-23-9-6-17)25-26(21)19-7-10-30(28,29)14-19/h3-6,8-9,11-12,19H,7,10,13-14H2,1-2H3,(H,24,27)/t19-/m1/s1. The van der Waals surface area contributed by atoms with Gasteiger partial charge < -0.3 is 5.32 Å². The van der Waals surface area contributed by atoms with Crippen LogP contribution in [0.25, 0.3) is 11.3 Å². The second-order valence-electron chi connectivity index (χ2n) is 7.75. The van der Waals surface area contributed by atoms with Gasteiger partial charge in [0.15, 0.2) is 15.5 Å². The number of sulfone groups is 1. The first-order valence-electron chi connectivity index (χ1n) is 9.87. The second kappa shape index (κ2) is 8.02. The average molecular weight is 425 g/mol. The molecule has 1 atom stereocenters. The first kappa shape index (κ1) is 20.3. The number of nitrogens with one attached hydrogen (secondary N) is 1. The van der Waals surface area contributed by atoms with Crippen molar-refractivity contribution in [2.24, 2.45) is 0 Å². The Bertz CT molecular complexity index is 1190. The number of hydrogen-bond donors (Lipinski definition) is 1. The Morgan fingerprint density at radius 2 is 1.90 bits per heavy atom. The van der Waals surface area contributed by atoms with Gasteiger partial charge >= 0.3 is 0 Å². The molecule has 1 fully saturated rings. The molecule has 1 aliphatic rings. The summed E-state index contributed by atoms with van der Waals surface area (Å²) in [6.45, 7) is 4.44. The van der Waals surface area contributed by atoms with Crippen molar-refractivity contribution in [1.82, 2.24) is 20.1 Å². The van der Waals surface area contributed by atoms with Crippen molar-refractivity contribution in [3.63, 3.8) is 0 Å². The van der Waals surface area contributed by atoms with E-state index in [1.807, 2.05) is 44.2 Å². The highest BCUT2D eigenvalue weighted by Gasteiger charge is 2.32. The van der Waals surface area contributed by atoms with Gasteiger partial charge in [0, 0.05) is 24.5 Å². The lowest BCUT2D eigenvalue weighted by molar-refractivity contribution is 0.0945. The van der Waals surface area contributed by atoms with Crippen LogP contribution in [0, 0.1) is 13.8 Å². The smallest absolute Gasteiger partial charge is 0.272 e. The van der Waals surface area contributed by atoms with Crippen LogP contribution in [0.15, 0.2) is 48.8 Å². The lowest BCUT2D eigenvalue weighted by Gasteiger charge is -2.14. The maximum absolute atomic E-state index is 12.8. The van der Waals surface area contributed by atoms with Gasteiger partial charge in [-0.15, -0.1) is 0 Å². The van der Waals surface area contributed by atoms with Crippen LogP contribution in [-0.2, 0) is 16.4 Å². The Kier molecular flexibility index (Phi) is 5.42. The number of carbonyl (C=O) groups is 1. The first-order valence-corrected chi connectivity index (χ1v) is 11.7. The molecule has 7 nitrogen and oxygen atoms in total. The molecule has 2 aromatic heterocycles. The largest absolute Gasteiger partial charge is 0.347 e. The highest BCUT2D eigenvalue weighted by molar-refractivity contribution is 7.91. The number of benzene rings is 1. The molecule has 0 unspecified atom stereocenters. The second-order valence-corrected chi connectivity index (χ2v) is 9.98. The zero-order chi connectivity index (χ0) is 21.3. The summed E-state index contributed by atoms with van der Waals surface area (Å²) < 4.78 is 25.8. The molecule has 4 rings (SSSR count). The number of rotatable bonds is 5. The van der Waals surface area contributed by atoms with Crippen LogP contribution >= 0.6 is 0 Å². The van der Waals surface area contributed by atoms with Crippen LogP contribution < -0.4 is 5.32 Å². The van der Waals surface area contributed by atoms with E-state index in [0.717, 1.165) is 22.4 Å². The van der Waals surface area contributed by atoms with Gasteiger partial charge in [-0.25, -0.2) is 8.42 Å². The molecule has 156 valence electrons. The Balaban J connectivity index is 1.66. The summed E-state index contributed by atoms with van der Waals surface area (Å²) in [6, 6.07) is 11.2. The van der Waals surface area contributed by atoms with E-state index in [9.17, 15) is 13.2 Å². The summed E-state index contributed by atoms with van der Waals surface area (Å²) in [5, 5.41) is 7.40. The third kappa shape index (κ3) is 4.28. The van der Waals surface area contributed by atoms with E-state index in [0.29, 0.717) is 13.0 Å². The fraction of sp³-hybridized carbons (Fsp3) is 0.318. The monoisotopic (exact) mass is 424 g/mol. The Labute approximate surface area is 176 Å². The minimum Gasteiger partial charge on any atom is -0.347 e. The minimum atomic E-state index is -3.08. The van der Waals surface area contributed by atoms with Gasteiger partial charge in [-0.2, -0.15) is 5.10 Å². The van der Waals surface area contributed by atoms with Gasteiger partial charge in [-0.05, 0) is 61.2 Å². The molecule has 3 aromatic rings. The van der Waals surface area contributed by atoms with Crippen molar-refractivity contribution >= 4 is 15.7 Å². The van der Waals surface area contributed by atoms with Crippen molar-refractivity contribution < 1.29 is 13.2 Å². The SMILES string of the molecule is Cc1ccc(-c2cc(C(=O)NCc3ccncc3)nn2[C@@H]2CCS(=O)(=O)C2)cc1C. The predicted octanol–water partition coefficient (Wildman–Crippen LogP) is 2.85. The summed E-state index contributed by atoms with van der Waals surface area (Å²) in [5.41, 5.74) is 5.19. The van der Waals surface area contributed by atoms with Crippen molar-refractivity contribution in [3.8, 4) is 11.3 Å². The Hall–Kier alpha value is -3.00. The minimum absolute atomic E-state index is 0.0462. The Morgan fingerprint density at radius 1 is 1.13 bits per heavy atom. The number of nitrogens with zero attached hydrogens (tertiary/aromatic N) is 3. The fourth-order valence-corrected chi connectivity index (χ4v) is 5.33. The third-order valence-corrected chi connectivity index (χ3v) is 7.28. The summed E-state index contributed by atoms with van der Waals surface area (Å²) in [6.07, 6.45) is 3.85. The molecular weight excluding hydrogens is 400 g/mol. The van der Waals surface area contributed by atoms with E-state index in [4.69, 9.17) is 0 Å². The van der Waals surface area contributed by atoms with Crippen LogP contribution in [0.5, 0.6) is 0 Å². The number of carbonyl (C=O) groups excluding carboxylic acids is 1. The van der Waals surface area contributed by atoms with Gasteiger partial charge in [0.05, 0.1) is 23.2 Å². The van der Waals surface area contributed by atoms with Crippen LogP contribution in [0.3, 0.4) is 0 Å². The number of aryl methyl sites for hydroxylation is 2. The molecule has 0 bridgehead atoms. The molecule has 0 radical (unpaired) electrons. The predicted molar refractivity (Wildman–Crippen MR) is 115 cm³/mol. The summed E-state index contributed by atoms with van der Waals surface area (Å²) >= 11 is 0. The highest BCUT2D eigenvalue weighted by atomic mass is 32.2. The molecule has 0 saturated carbocycles. The summed E-state index contributed by atoms with van der Waals surface area (Å²) in [7, 11) is -3.08. The number of hydrogen-bond acceptors (Lipinski definition) is 5. The molecule has 1 amide bonds. The molecule has 1 aromatic carbocycles. The molecule has 1 N–H and O–H groups in total.